The van der Waals surface area contributed by atoms with Gasteiger partial charge in [0.1, 0.15) is 11.9 Å². The van der Waals surface area contributed by atoms with Gasteiger partial charge in [-0.05, 0) is 12.8 Å². The molecule has 0 saturated heterocycles. The van der Waals surface area contributed by atoms with Gasteiger partial charge >= 0.3 is 11.7 Å². The fraction of sp³-hybridized carbons (Fsp3) is 0.571. The van der Waals surface area contributed by atoms with E-state index in [1.807, 2.05) is 11.1 Å². The van der Waals surface area contributed by atoms with Crippen molar-refractivity contribution in [1.29, 1.82) is 0 Å². The molecule has 1 unspecified atom stereocenters. The number of hydrogen-bond donors (Lipinski definition) is 2. The summed E-state index contributed by atoms with van der Waals surface area (Å²) in [5, 5.41) is 17.0. The van der Waals surface area contributed by atoms with Crippen LogP contribution in [0.5, 0.6) is 0 Å². The summed E-state index contributed by atoms with van der Waals surface area (Å²) in [5.41, 5.74) is -0.351. The molecule has 2 aromatic rings. The van der Waals surface area contributed by atoms with Crippen LogP contribution in [0.15, 0.2) is 11.0 Å². The maximum Gasteiger partial charge on any atom is 0.343 e. The number of fused-ring (bicyclic) bond motifs is 1. The van der Waals surface area contributed by atoms with Crippen molar-refractivity contribution >= 4 is 17.3 Å². The van der Waals surface area contributed by atoms with Crippen LogP contribution in [-0.2, 0) is 24.4 Å². The predicted octanol–water partition coefficient (Wildman–Crippen LogP) is 0.764. The van der Waals surface area contributed by atoms with Gasteiger partial charge in [0.15, 0.2) is 0 Å². The molecule has 0 amide bonds. The molecule has 0 radical (unpaired) electrons. The number of hydrogen-bond acceptors (Lipinski definition) is 6. The number of carboxylic acids is 1. The van der Waals surface area contributed by atoms with Crippen LogP contribution in [0.1, 0.15) is 40.9 Å². The summed E-state index contributed by atoms with van der Waals surface area (Å²) in [6.07, 6.45) is 5.52. The van der Waals surface area contributed by atoms with Gasteiger partial charge in [0.2, 0.25) is 0 Å². The first-order chi connectivity index (χ1) is 11.1. The summed E-state index contributed by atoms with van der Waals surface area (Å²) in [7, 11) is 0. The van der Waals surface area contributed by atoms with Crippen LogP contribution in [0.25, 0.3) is 0 Å². The Labute approximate surface area is 135 Å². The molecule has 0 spiro atoms. The van der Waals surface area contributed by atoms with Crippen molar-refractivity contribution in [2.75, 3.05) is 0 Å². The zero-order valence-corrected chi connectivity index (χ0v) is 13.3. The SMILES string of the molecule is O=C(O)C1Cn2c(n[nH]c2=O)CN1Cc1cnc(C2CCC2)s1. The lowest BCUT2D eigenvalue weighted by Gasteiger charge is -2.32. The van der Waals surface area contributed by atoms with Crippen LogP contribution in [0.2, 0.25) is 0 Å². The summed E-state index contributed by atoms with van der Waals surface area (Å²) in [5.74, 6) is 0.241. The second kappa shape index (κ2) is 5.57. The number of carbonyl (C=O) groups is 1. The Bertz CT molecular complexity index is 790. The van der Waals surface area contributed by atoms with E-state index in [2.05, 4.69) is 15.2 Å². The molecule has 2 aliphatic rings. The van der Waals surface area contributed by atoms with Gasteiger partial charge in [0.25, 0.3) is 0 Å². The van der Waals surface area contributed by atoms with E-state index < -0.39 is 12.0 Å². The van der Waals surface area contributed by atoms with E-state index in [1.165, 1.54) is 23.8 Å². The lowest BCUT2D eigenvalue weighted by atomic mass is 9.86. The normalized spacial score (nSPS) is 21.8. The highest BCUT2D eigenvalue weighted by Gasteiger charge is 2.34. The molecule has 9 heteroatoms. The van der Waals surface area contributed by atoms with Crippen LogP contribution in [0.4, 0.5) is 0 Å². The molecule has 3 heterocycles. The second-order valence-electron chi connectivity index (χ2n) is 6.11. The van der Waals surface area contributed by atoms with Crippen molar-refractivity contribution in [3.63, 3.8) is 0 Å². The van der Waals surface area contributed by atoms with Crippen molar-refractivity contribution in [2.24, 2.45) is 0 Å². The number of thiazole rings is 1. The quantitative estimate of drug-likeness (QED) is 0.855. The molecule has 23 heavy (non-hydrogen) atoms. The fourth-order valence-corrected chi connectivity index (χ4v) is 4.19. The summed E-state index contributed by atoms with van der Waals surface area (Å²) in [6.45, 7) is 0.975. The Hall–Kier alpha value is -2.00. The Morgan fingerprint density at radius 2 is 2.30 bits per heavy atom. The third-order valence-electron chi connectivity index (χ3n) is 4.65. The second-order valence-corrected chi connectivity index (χ2v) is 7.25. The summed E-state index contributed by atoms with van der Waals surface area (Å²) in [6, 6.07) is -0.730. The van der Waals surface area contributed by atoms with Crippen LogP contribution in [-0.4, -0.2) is 41.8 Å². The summed E-state index contributed by atoms with van der Waals surface area (Å²) < 4.78 is 1.40. The molecular formula is C14H17N5O3S. The Kier molecular flexibility index (Phi) is 3.53. The summed E-state index contributed by atoms with van der Waals surface area (Å²) >= 11 is 1.67. The molecule has 0 bridgehead atoms. The van der Waals surface area contributed by atoms with Gasteiger partial charge in [-0.15, -0.1) is 11.3 Å². The van der Waals surface area contributed by atoms with Gasteiger partial charge in [-0.1, -0.05) is 6.42 Å². The molecule has 1 fully saturated rings. The van der Waals surface area contributed by atoms with Crippen LogP contribution in [0, 0.1) is 0 Å². The molecule has 1 aliphatic carbocycles. The van der Waals surface area contributed by atoms with Gasteiger partial charge in [-0.3, -0.25) is 14.3 Å². The average molecular weight is 335 g/mol. The van der Waals surface area contributed by atoms with Gasteiger partial charge in [-0.25, -0.2) is 14.9 Å². The van der Waals surface area contributed by atoms with Crippen molar-refractivity contribution < 1.29 is 9.90 Å². The number of aromatic amines is 1. The van der Waals surface area contributed by atoms with E-state index in [1.54, 1.807) is 11.3 Å². The molecule has 4 rings (SSSR count). The number of H-pyrrole nitrogens is 1. The third kappa shape index (κ3) is 2.59. The van der Waals surface area contributed by atoms with Crippen LogP contribution < -0.4 is 5.69 Å². The van der Waals surface area contributed by atoms with E-state index in [9.17, 15) is 14.7 Å². The molecule has 1 aliphatic heterocycles. The van der Waals surface area contributed by atoms with Crippen molar-refractivity contribution in [3.05, 3.63) is 32.4 Å². The zero-order valence-electron chi connectivity index (χ0n) is 12.4. The van der Waals surface area contributed by atoms with Crippen molar-refractivity contribution in [2.45, 2.75) is 50.9 Å². The summed E-state index contributed by atoms with van der Waals surface area (Å²) in [4.78, 5) is 30.6. The maximum atomic E-state index is 11.6. The minimum absolute atomic E-state index is 0.119. The standard InChI is InChI=1S/C14H17N5O3S/c20-13(21)10-6-19-11(16-17-14(19)22)7-18(10)5-9-4-15-12(23-9)8-2-1-3-8/h4,8,10H,1-3,5-7H2,(H,17,22)(H,20,21). The highest BCUT2D eigenvalue weighted by molar-refractivity contribution is 7.11. The lowest BCUT2D eigenvalue weighted by Crippen LogP contribution is -2.48. The third-order valence-corrected chi connectivity index (χ3v) is 5.79. The molecule has 0 aromatic carbocycles. The Morgan fingerprint density at radius 3 is 3.00 bits per heavy atom. The largest absolute Gasteiger partial charge is 0.480 e. The van der Waals surface area contributed by atoms with Crippen LogP contribution in [0.3, 0.4) is 0 Å². The fourth-order valence-electron chi connectivity index (χ4n) is 3.08. The molecular weight excluding hydrogens is 318 g/mol. The maximum absolute atomic E-state index is 11.6. The Balaban J connectivity index is 1.55. The van der Waals surface area contributed by atoms with E-state index >= 15 is 0 Å². The number of aromatic nitrogens is 4. The molecule has 1 saturated carbocycles. The number of rotatable bonds is 4. The molecule has 2 aromatic heterocycles. The van der Waals surface area contributed by atoms with Gasteiger partial charge in [0, 0.05) is 23.5 Å². The highest BCUT2D eigenvalue weighted by atomic mass is 32.1. The molecule has 2 N–H and O–H groups in total. The topological polar surface area (TPSA) is 104 Å². The molecule has 8 nitrogen and oxygen atoms in total. The van der Waals surface area contributed by atoms with Gasteiger partial charge in [-0.2, -0.15) is 5.10 Å². The van der Waals surface area contributed by atoms with Gasteiger partial charge in [0.05, 0.1) is 18.1 Å². The lowest BCUT2D eigenvalue weighted by molar-refractivity contribution is -0.145. The van der Waals surface area contributed by atoms with E-state index in [0.717, 1.165) is 9.88 Å². The van der Waals surface area contributed by atoms with Crippen molar-refractivity contribution in [1.82, 2.24) is 24.6 Å². The van der Waals surface area contributed by atoms with E-state index in [-0.39, 0.29) is 12.2 Å². The average Bonchev–Trinajstić information content (AvgIpc) is 3.04. The number of aliphatic carboxylic acids is 1. The first-order valence-electron chi connectivity index (χ1n) is 7.67. The minimum Gasteiger partial charge on any atom is -0.480 e. The zero-order chi connectivity index (χ0) is 16.0. The first kappa shape index (κ1) is 14.6. The smallest absolute Gasteiger partial charge is 0.343 e. The van der Waals surface area contributed by atoms with Gasteiger partial charge < -0.3 is 5.11 Å². The minimum atomic E-state index is -0.924. The number of nitrogens with one attached hydrogen (secondary N) is 1. The van der Waals surface area contributed by atoms with E-state index in [4.69, 9.17) is 0 Å². The molecule has 1 atom stereocenters. The molecule has 122 valence electrons. The van der Waals surface area contributed by atoms with Crippen LogP contribution >= 0.6 is 11.3 Å². The highest BCUT2D eigenvalue weighted by Crippen LogP contribution is 2.38. The van der Waals surface area contributed by atoms with E-state index in [0.29, 0.717) is 24.8 Å². The first-order valence-corrected chi connectivity index (χ1v) is 8.49. The van der Waals surface area contributed by atoms with Crippen molar-refractivity contribution in [3.8, 4) is 0 Å². The number of carboxylic acid groups (broad SMARTS) is 1. The number of nitrogens with zero attached hydrogens (tertiary/aromatic N) is 4. The monoisotopic (exact) mass is 335 g/mol. The Morgan fingerprint density at radius 1 is 1.48 bits per heavy atom. The predicted molar refractivity (Wildman–Crippen MR) is 82.2 cm³/mol.